The number of rotatable bonds is 3. The summed E-state index contributed by atoms with van der Waals surface area (Å²) in [5, 5.41) is 12.8. The van der Waals surface area contributed by atoms with Gasteiger partial charge in [-0.3, -0.25) is 4.79 Å². The molecular formula is C13H8N2O4. The van der Waals surface area contributed by atoms with Crippen molar-refractivity contribution in [1.29, 1.82) is 0 Å². The molecule has 3 aromatic rings. The second-order valence-electron chi connectivity index (χ2n) is 3.89. The molecule has 0 atom stereocenters. The van der Waals surface area contributed by atoms with Gasteiger partial charge >= 0.3 is 5.97 Å². The fourth-order valence-electron chi connectivity index (χ4n) is 1.82. The minimum atomic E-state index is -1.21. The Hall–Kier alpha value is -2.89. The Bertz CT molecular complexity index is 785. The molecule has 0 aliphatic carbocycles. The van der Waals surface area contributed by atoms with Crippen molar-refractivity contribution >= 4 is 17.3 Å². The SMILES string of the molecule is O=C(O)c1ccc(C(=O)c2cnn3ccccc23)o1. The summed E-state index contributed by atoms with van der Waals surface area (Å²) in [7, 11) is 0. The zero-order chi connectivity index (χ0) is 13.4. The lowest BCUT2D eigenvalue weighted by atomic mass is 10.1. The van der Waals surface area contributed by atoms with E-state index in [-0.39, 0.29) is 11.5 Å². The van der Waals surface area contributed by atoms with Crippen LogP contribution in [0.4, 0.5) is 0 Å². The number of carboxylic acids is 1. The number of furan rings is 1. The Labute approximate surface area is 106 Å². The van der Waals surface area contributed by atoms with Crippen molar-refractivity contribution in [2.75, 3.05) is 0 Å². The molecule has 0 amide bonds. The van der Waals surface area contributed by atoms with Gasteiger partial charge in [-0.2, -0.15) is 5.10 Å². The number of pyridine rings is 1. The first kappa shape index (κ1) is 11.2. The van der Waals surface area contributed by atoms with Gasteiger partial charge < -0.3 is 9.52 Å². The van der Waals surface area contributed by atoms with Crippen LogP contribution in [-0.4, -0.2) is 26.5 Å². The summed E-state index contributed by atoms with van der Waals surface area (Å²) < 4.78 is 6.56. The Morgan fingerprint density at radius 1 is 1.16 bits per heavy atom. The van der Waals surface area contributed by atoms with Crippen LogP contribution in [0.15, 0.2) is 47.1 Å². The number of fused-ring (bicyclic) bond motifs is 1. The summed E-state index contributed by atoms with van der Waals surface area (Å²) in [6.45, 7) is 0. The normalized spacial score (nSPS) is 10.7. The zero-order valence-electron chi connectivity index (χ0n) is 9.61. The van der Waals surface area contributed by atoms with Crippen molar-refractivity contribution in [3.05, 3.63) is 59.8 Å². The van der Waals surface area contributed by atoms with Crippen LogP contribution in [0.2, 0.25) is 0 Å². The van der Waals surface area contributed by atoms with Crippen molar-refractivity contribution < 1.29 is 19.1 Å². The van der Waals surface area contributed by atoms with Crippen molar-refractivity contribution in [3.63, 3.8) is 0 Å². The molecule has 0 aliphatic rings. The smallest absolute Gasteiger partial charge is 0.371 e. The molecule has 0 unspecified atom stereocenters. The molecule has 0 spiro atoms. The average Bonchev–Trinajstić information content (AvgIpc) is 3.05. The van der Waals surface area contributed by atoms with Gasteiger partial charge in [-0.1, -0.05) is 6.07 Å². The number of nitrogens with zero attached hydrogens (tertiary/aromatic N) is 2. The van der Waals surface area contributed by atoms with Gasteiger partial charge in [0.2, 0.25) is 11.5 Å². The topological polar surface area (TPSA) is 84.8 Å². The van der Waals surface area contributed by atoms with Crippen molar-refractivity contribution in [2.45, 2.75) is 0 Å². The molecule has 3 aromatic heterocycles. The molecule has 0 radical (unpaired) electrons. The summed E-state index contributed by atoms with van der Waals surface area (Å²) in [6, 6.07) is 7.93. The highest BCUT2D eigenvalue weighted by atomic mass is 16.4. The van der Waals surface area contributed by atoms with Gasteiger partial charge in [-0.05, 0) is 24.3 Å². The molecule has 0 fully saturated rings. The summed E-state index contributed by atoms with van der Waals surface area (Å²) in [6.07, 6.45) is 3.15. The van der Waals surface area contributed by atoms with Gasteiger partial charge in [0.05, 0.1) is 17.3 Å². The summed E-state index contributed by atoms with van der Waals surface area (Å²) in [5.41, 5.74) is 1.01. The van der Waals surface area contributed by atoms with Crippen molar-refractivity contribution in [2.24, 2.45) is 0 Å². The monoisotopic (exact) mass is 256 g/mol. The van der Waals surface area contributed by atoms with Crippen molar-refractivity contribution in [3.8, 4) is 0 Å². The lowest BCUT2D eigenvalue weighted by molar-refractivity contribution is 0.0660. The quantitative estimate of drug-likeness (QED) is 0.723. The number of aromatic carboxylic acids is 1. The fraction of sp³-hybridized carbons (Fsp3) is 0. The highest BCUT2D eigenvalue weighted by Gasteiger charge is 2.19. The lowest BCUT2D eigenvalue weighted by Gasteiger charge is -1.95. The van der Waals surface area contributed by atoms with Crippen LogP contribution in [-0.2, 0) is 0 Å². The third kappa shape index (κ3) is 1.79. The van der Waals surface area contributed by atoms with Crippen LogP contribution in [0.1, 0.15) is 26.7 Å². The predicted molar refractivity (Wildman–Crippen MR) is 64.3 cm³/mol. The molecule has 6 heteroatoms. The Morgan fingerprint density at radius 3 is 2.68 bits per heavy atom. The second kappa shape index (κ2) is 4.09. The van der Waals surface area contributed by atoms with Crippen molar-refractivity contribution in [1.82, 2.24) is 9.61 Å². The highest BCUT2D eigenvalue weighted by Crippen LogP contribution is 2.17. The fourth-order valence-corrected chi connectivity index (χ4v) is 1.82. The van der Waals surface area contributed by atoms with E-state index in [4.69, 9.17) is 9.52 Å². The molecule has 0 saturated carbocycles. The van der Waals surface area contributed by atoms with E-state index in [0.29, 0.717) is 11.1 Å². The van der Waals surface area contributed by atoms with Gasteiger partial charge in [-0.25, -0.2) is 9.31 Å². The van der Waals surface area contributed by atoms with E-state index in [2.05, 4.69) is 5.10 Å². The second-order valence-corrected chi connectivity index (χ2v) is 3.89. The molecule has 3 heterocycles. The summed E-state index contributed by atoms with van der Waals surface area (Å²) >= 11 is 0. The van der Waals surface area contributed by atoms with Gasteiger partial charge in [0.15, 0.2) is 5.76 Å². The maximum atomic E-state index is 12.2. The number of carboxylic acid groups (broad SMARTS) is 1. The molecular weight excluding hydrogens is 248 g/mol. The Kier molecular flexibility index (Phi) is 2.42. The van der Waals surface area contributed by atoms with E-state index in [1.807, 2.05) is 0 Å². The van der Waals surface area contributed by atoms with Crippen LogP contribution in [0.5, 0.6) is 0 Å². The first-order chi connectivity index (χ1) is 9.16. The van der Waals surface area contributed by atoms with Crippen LogP contribution >= 0.6 is 0 Å². The molecule has 0 saturated heterocycles. The number of hydrogen-bond donors (Lipinski definition) is 1. The van der Waals surface area contributed by atoms with Crippen LogP contribution in [0.3, 0.4) is 0 Å². The number of ketones is 1. The van der Waals surface area contributed by atoms with E-state index >= 15 is 0 Å². The number of hydrogen-bond acceptors (Lipinski definition) is 4. The maximum Gasteiger partial charge on any atom is 0.371 e. The van der Waals surface area contributed by atoms with E-state index < -0.39 is 11.8 Å². The van der Waals surface area contributed by atoms with Crippen LogP contribution < -0.4 is 0 Å². The minimum absolute atomic E-state index is 0.0175. The van der Waals surface area contributed by atoms with Gasteiger partial charge in [-0.15, -0.1) is 0 Å². The minimum Gasteiger partial charge on any atom is -0.475 e. The number of carbonyl (C=O) groups is 2. The molecule has 1 N–H and O–H groups in total. The summed E-state index contributed by atoms with van der Waals surface area (Å²) in [5.74, 6) is -1.89. The molecule has 6 nitrogen and oxygen atoms in total. The largest absolute Gasteiger partial charge is 0.475 e. The van der Waals surface area contributed by atoms with Gasteiger partial charge in [0.25, 0.3) is 0 Å². The molecule has 0 aliphatic heterocycles. The molecule has 0 aromatic carbocycles. The third-order valence-corrected chi connectivity index (χ3v) is 2.71. The Balaban J connectivity index is 2.05. The maximum absolute atomic E-state index is 12.2. The average molecular weight is 256 g/mol. The van der Waals surface area contributed by atoms with E-state index in [0.717, 1.165) is 0 Å². The number of carbonyl (C=O) groups excluding carboxylic acids is 1. The van der Waals surface area contributed by atoms with E-state index in [9.17, 15) is 9.59 Å². The molecule has 3 rings (SSSR count). The van der Waals surface area contributed by atoms with E-state index in [1.54, 1.807) is 28.9 Å². The summed E-state index contributed by atoms with van der Waals surface area (Å²) in [4.78, 5) is 22.9. The number of aromatic nitrogens is 2. The van der Waals surface area contributed by atoms with Crippen LogP contribution in [0.25, 0.3) is 5.52 Å². The third-order valence-electron chi connectivity index (χ3n) is 2.71. The lowest BCUT2D eigenvalue weighted by Crippen LogP contribution is -1.99. The molecule has 19 heavy (non-hydrogen) atoms. The first-order valence-corrected chi connectivity index (χ1v) is 5.47. The first-order valence-electron chi connectivity index (χ1n) is 5.47. The standard InChI is InChI=1S/C13H8N2O4/c16-12(10-4-5-11(19-10)13(17)18)8-7-14-15-6-2-1-3-9(8)15/h1-7H,(H,17,18). The predicted octanol–water partition coefficient (Wildman–Crippen LogP) is 1.86. The highest BCUT2D eigenvalue weighted by molar-refractivity contribution is 6.11. The van der Waals surface area contributed by atoms with Gasteiger partial charge in [0.1, 0.15) is 0 Å². The Morgan fingerprint density at radius 2 is 1.95 bits per heavy atom. The molecule has 0 bridgehead atoms. The zero-order valence-corrected chi connectivity index (χ0v) is 9.61. The molecule has 94 valence electrons. The van der Waals surface area contributed by atoms with Crippen LogP contribution in [0, 0.1) is 0 Å². The van der Waals surface area contributed by atoms with E-state index in [1.165, 1.54) is 18.3 Å². The van der Waals surface area contributed by atoms with Gasteiger partial charge in [0, 0.05) is 6.20 Å².